The van der Waals surface area contributed by atoms with E-state index in [0.29, 0.717) is 12.5 Å². The Labute approximate surface area is 158 Å². The van der Waals surface area contributed by atoms with Crippen molar-refractivity contribution in [2.75, 3.05) is 38.1 Å². The minimum Gasteiger partial charge on any atom is -0.372 e. The van der Waals surface area contributed by atoms with Gasteiger partial charge >= 0.3 is 6.18 Å². The summed E-state index contributed by atoms with van der Waals surface area (Å²) in [6.07, 6.45) is -4.16. The summed E-state index contributed by atoms with van der Waals surface area (Å²) in [5.74, 6) is 0.400. The Kier molecular flexibility index (Phi) is 11.6. The van der Waals surface area contributed by atoms with Crippen molar-refractivity contribution in [2.45, 2.75) is 25.9 Å². The van der Waals surface area contributed by atoms with Crippen LogP contribution in [0.2, 0.25) is 0 Å². The summed E-state index contributed by atoms with van der Waals surface area (Å²) in [5, 5.41) is 5.70. The highest BCUT2D eigenvalue weighted by Crippen LogP contribution is 2.18. The van der Waals surface area contributed by atoms with Crippen LogP contribution < -0.4 is 15.5 Å². The van der Waals surface area contributed by atoms with Gasteiger partial charge in [-0.15, -0.1) is 24.0 Å². The zero-order valence-electron chi connectivity index (χ0n) is 14.1. The molecule has 0 heterocycles. The molecule has 0 fully saturated rings. The van der Waals surface area contributed by atoms with Gasteiger partial charge in [0.25, 0.3) is 0 Å². The molecule has 1 rings (SSSR count). The van der Waals surface area contributed by atoms with Crippen molar-refractivity contribution in [3.63, 3.8) is 0 Å². The molecule has 0 atom stereocenters. The molecule has 0 radical (unpaired) electrons. The Balaban J connectivity index is 0.00000529. The minimum absolute atomic E-state index is 0. The standard InChI is InChI=1S/C16H25F3N4.HI/c1-3-23(14-8-5-4-6-9-14)13-7-11-21-15(20-2)22-12-10-16(17,18)19;/h4-6,8-9H,3,7,10-13H2,1-2H3,(H2,20,21,22);1H. The summed E-state index contributed by atoms with van der Waals surface area (Å²) < 4.78 is 36.3. The lowest BCUT2D eigenvalue weighted by Gasteiger charge is -2.23. The second-order valence-electron chi connectivity index (χ2n) is 5.06. The molecule has 4 nitrogen and oxygen atoms in total. The molecular weight excluding hydrogens is 432 g/mol. The van der Waals surface area contributed by atoms with Gasteiger partial charge in [-0.05, 0) is 25.5 Å². The average molecular weight is 458 g/mol. The maximum absolute atomic E-state index is 12.1. The van der Waals surface area contributed by atoms with Crippen LogP contribution in [0.15, 0.2) is 35.3 Å². The predicted octanol–water partition coefficient (Wildman–Crippen LogP) is 3.64. The molecule has 0 spiro atoms. The number of para-hydroxylation sites is 1. The zero-order valence-corrected chi connectivity index (χ0v) is 16.4. The zero-order chi connectivity index (χ0) is 17.1. The van der Waals surface area contributed by atoms with Gasteiger partial charge in [-0.2, -0.15) is 13.2 Å². The van der Waals surface area contributed by atoms with Gasteiger partial charge in [0.15, 0.2) is 5.96 Å². The smallest absolute Gasteiger partial charge is 0.372 e. The van der Waals surface area contributed by atoms with Gasteiger partial charge in [-0.3, -0.25) is 4.99 Å². The van der Waals surface area contributed by atoms with Gasteiger partial charge in [-0.1, -0.05) is 18.2 Å². The molecule has 0 aliphatic heterocycles. The maximum atomic E-state index is 12.1. The van der Waals surface area contributed by atoms with E-state index in [2.05, 4.69) is 39.6 Å². The monoisotopic (exact) mass is 458 g/mol. The fourth-order valence-electron chi connectivity index (χ4n) is 2.13. The minimum atomic E-state index is -4.15. The number of anilines is 1. The first-order valence-electron chi connectivity index (χ1n) is 7.77. The van der Waals surface area contributed by atoms with Gasteiger partial charge in [-0.25, -0.2) is 0 Å². The van der Waals surface area contributed by atoms with Crippen LogP contribution in [0.4, 0.5) is 18.9 Å². The molecule has 1 aromatic rings. The van der Waals surface area contributed by atoms with E-state index in [1.165, 1.54) is 5.69 Å². The highest BCUT2D eigenvalue weighted by atomic mass is 127. The summed E-state index contributed by atoms with van der Waals surface area (Å²) in [6.45, 7) is 4.34. The maximum Gasteiger partial charge on any atom is 0.390 e. The van der Waals surface area contributed by atoms with E-state index in [9.17, 15) is 13.2 Å². The molecule has 0 aromatic heterocycles. The van der Waals surface area contributed by atoms with Gasteiger partial charge in [0.2, 0.25) is 0 Å². The van der Waals surface area contributed by atoms with Crippen LogP contribution in [0, 0.1) is 0 Å². The summed E-state index contributed by atoms with van der Waals surface area (Å²) in [4.78, 5) is 6.17. The molecule has 0 aliphatic rings. The van der Waals surface area contributed by atoms with E-state index in [0.717, 1.165) is 19.5 Å². The Morgan fingerprint density at radius 3 is 2.29 bits per heavy atom. The first-order chi connectivity index (χ1) is 11.0. The number of hydrogen-bond acceptors (Lipinski definition) is 2. The van der Waals surface area contributed by atoms with Crippen molar-refractivity contribution in [3.05, 3.63) is 30.3 Å². The highest BCUT2D eigenvalue weighted by Gasteiger charge is 2.26. The van der Waals surface area contributed by atoms with Gasteiger partial charge < -0.3 is 15.5 Å². The van der Waals surface area contributed by atoms with Crippen LogP contribution in [0.1, 0.15) is 19.8 Å². The van der Waals surface area contributed by atoms with Crippen LogP contribution in [0.3, 0.4) is 0 Å². The summed E-state index contributed by atoms with van der Waals surface area (Å²) >= 11 is 0. The van der Waals surface area contributed by atoms with E-state index in [-0.39, 0.29) is 30.5 Å². The number of rotatable bonds is 8. The topological polar surface area (TPSA) is 39.7 Å². The predicted molar refractivity (Wildman–Crippen MR) is 104 cm³/mol. The van der Waals surface area contributed by atoms with E-state index in [4.69, 9.17) is 0 Å². The number of guanidine groups is 1. The van der Waals surface area contributed by atoms with Gasteiger partial charge in [0, 0.05) is 38.9 Å². The SMILES string of the molecule is CCN(CCCNC(=NC)NCCC(F)(F)F)c1ccccc1.I. The van der Waals surface area contributed by atoms with Gasteiger partial charge in [0.05, 0.1) is 6.42 Å². The normalized spacial score (nSPS) is 11.6. The Morgan fingerprint density at radius 2 is 1.75 bits per heavy atom. The van der Waals surface area contributed by atoms with Crippen LogP contribution in [0.5, 0.6) is 0 Å². The number of benzene rings is 1. The molecule has 1 aromatic carbocycles. The van der Waals surface area contributed by atoms with Crippen molar-refractivity contribution < 1.29 is 13.2 Å². The van der Waals surface area contributed by atoms with Crippen molar-refractivity contribution in [1.29, 1.82) is 0 Å². The number of nitrogens with one attached hydrogen (secondary N) is 2. The molecule has 138 valence electrons. The van der Waals surface area contributed by atoms with E-state index in [1.807, 2.05) is 18.2 Å². The third kappa shape index (κ3) is 9.84. The number of halogens is 4. The lowest BCUT2D eigenvalue weighted by atomic mass is 10.2. The van der Waals surface area contributed by atoms with E-state index in [1.54, 1.807) is 7.05 Å². The van der Waals surface area contributed by atoms with E-state index >= 15 is 0 Å². The fraction of sp³-hybridized carbons (Fsp3) is 0.562. The summed E-state index contributed by atoms with van der Waals surface area (Å²) in [7, 11) is 1.55. The molecule has 0 bridgehead atoms. The molecule has 0 saturated heterocycles. The molecule has 2 N–H and O–H groups in total. The van der Waals surface area contributed by atoms with Gasteiger partial charge in [0.1, 0.15) is 0 Å². The van der Waals surface area contributed by atoms with Crippen molar-refractivity contribution in [3.8, 4) is 0 Å². The fourth-order valence-corrected chi connectivity index (χ4v) is 2.13. The first-order valence-corrected chi connectivity index (χ1v) is 7.77. The van der Waals surface area contributed by atoms with Crippen LogP contribution in [-0.2, 0) is 0 Å². The second kappa shape index (κ2) is 12.2. The van der Waals surface area contributed by atoms with E-state index < -0.39 is 12.6 Å². The molecule has 0 aliphatic carbocycles. The highest BCUT2D eigenvalue weighted by molar-refractivity contribution is 14.0. The lowest BCUT2D eigenvalue weighted by molar-refractivity contribution is -0.132. The average Bonchev–Trinajstić information content (AvgIpc) is 2.53. The van der Waals surface area contributed by atoms with Crippen molar-refractivity contribution >= 4 is 35.6 Å². The molecule has 0 amide bonds. The molecule has 8 heteroatoms. The molecule has 0 unspecified atom stereocenters. The number of aliphatic imine (C=N–C) groups is 1. The Bertz CT molecular complexity index is 466. The van der Waals surface area contributed by atoms with Crippen molar-refractivity contribution in [2.24, 2.45) is 4.99 Å². The largest absolute Gasteiger partial charge is 0.390 e. The van der Waals surface area contributed by atoms with Crippen LogP contribution in [0.25, 0.3) is 0 Å². The first kappa shape index (κ1) is 22.8. The Morgan fingerprint density at radius 1 is 1.12 bits per heavy atom. The molecule has 0 saturated carbocycles. The van der Waals surface area contributed by atoms with Crippen molar-refractivity contribution in [1.82, 2.24) is 10.6 Å². The summed E-state index contributed by atoms with van der Waals surface area (Å²) in [6, 6.07) is 10.1. The Hall–Kier alpha value is -1.19. The number of hydrogen-bond donors (Lipinski definition) is 2. The second-order valence-corrected chi connectivity index (χ2v) is 5.06. The molecular formula is C16H26F3IN4. The lowest BCUT2D eigenvalue weighted by Crippen LogP contribution is -2.40. The third-order valence-corrected chi connectivity index (χ3v) is 3.32. The summed E-state index contributed by atoms with van der Waals surface area (Å²) in [5.41, 5.74) is 1.17. The molecule has 24 heavy (non-hydrogen) atoms. The quantitative estimate of drug-likeness (QED) is 0.271. The van der Waals surface area contributed by atoms with Crippen LogP contribution >= 0.6 is 24.0 Å². The number of nitrogens with zero attached hydrogens (tertiary/aromatic N) is 2. The van der Waals surface area contributed by atoms with Crippen LogP contribution in [-0.4, -0.2) is 45.4 Å². The third-order valence-electron chi connectivity index (χ3n) is 3.32. The number of alkyl halides is 3.